The van der Waals surface area contributed by atoms with Crippen molar-refractivity contribution in [3.8, 4) is 16.9 Å². The van der Waals surface area contributed by atoms with Crippen molar-refractivity contribution in [3.63, 3.8) is 0 Å². The van der Waals surface area contributed by atoms with Gasteiger partial charge in [-0.05, 0) is 36.2 Å². The van der Waals surface area contributed by atoms with Crippen LogP contribution >= 0.6 is 0 Å². The van der Waals surface area contributed by atoms with Gasteiger partial charge in [0.05, 0.1) is 7.11 Å². The third kappa shape index (κ3) is 2.18. The SMILES string of the molecule is COc1ccc(-c2[c]ccc(C)c2)cc1. The van der Waals surface area contributed by atoms with Gasteiger partial charge in [-0.2, -0.15) is 0 Å². The molecule has 2 aromatic rings. The molecule has 75 valence electrons. The van der Waals surface area contributed by atoms with Gasteiger partial charge in [0.1, 0.15) is 5.75 Å². The average Bonchev–Trinajstić information content (AvgIpc) is 2.29. The summed E-state index contributed by atoms with van der Waals surface area (Å²) in [6, 6.07) is 17.4. The van der Waals surface area contributed by atoms with Gasteiger partial charge in [0.25, 0.3) is 0 Å². The van der Waals surface area contributed by atoms with E-state index < -0.39 is 0 Å². The predicted molar refractivity (Wildman–Crippen MR) is 62.0 cm³/mol. The van der Waals surface area contributed by atoms with Crippen LogP contribution in [0.1, 0.15) is 5.56 Å². The van der Waals surface area contributed by atoms with E-state index in [0.717, 1.165) is 11.3 Å². The number of hydrogen-bond acceptors (Lipinski definition) is 1. The van der Waals surface area contributed by atoms with Crippen molar-refractivity contribution < 1.29 is 4.74 Å². The number of aryl methyl sites for hydroxylation is 1. The third-order valence-corrected chi connectivity index (χ3v) is 2.36. The van der Waals surface area contributed by atoms with E-state index in [0.29, 0.717) is 0 Å². The predicted octanol–water partition coefficient (Wildman–Crippen LogP) is 3.47. The summed E-state index contributed by atoms with van der Waals surface area (Å²) in [7, 11) is 1.67. The number of benzene rings is 2. The number of rotatable bonds is 2. The maximum atomic E-state index is 5.12. The molecule has 0 atom stereocenters. The van der Waals surface area contributed by atoms with Gasteiger partial charge in [-0.3, -0.25) is 0 Å². The molecule has 0 unspecified atom stereocenters. The Bertz CT molecular complexity index is 443. The van der Waals surface area contributed by atoms with Crippen LogP contribution in [0.4, 0.5) is 0 Å². The van der Waals surface area contributed by atoms with Gasteiger partial charge in [-0.15, -0.1) is 0 Å². The molecular formula is C14H13O. The Morgan fingerprint density at radius 1 is 1.07 bits per heavy atom. The summed E-state index contributed by atoms with van der Waals surface area (Å²) in [6.07, 6.45) is 0. The summed E-state index contributed by atoms with van der Waals surface area (Å²) in [5.74, 6) is 0.881. The van der Waals surface area contributed by atoms with Crippen LogP contribution in [0.5, 0.6) is 5.75 Å². The molecular weight excluding hydrogens is 184 g/mol. The summed E-state index contributed by atoms with van der Waals surface area (Å²) in [6.45, 7) is 2.08. The third-order valence-electron chi connectivity index (χ3n) is 2.36. The Balaban J connectivity index is 2.37. The Kier molecular flexibility index (Phi) is 2.72. The number of methoxy groups -OCH3 is 1. The molecule has 0 fully saturated rings. The minimum absolute atomic E-state index is 0.881. The van der Waals surface area contributed by atoms with E-state index in [1.807, 2.05) is 36.4 Å². The second kappa shape index (κ2) is 4.18. The van der Waals surface area contributed by atoms with E-state index in [1.165, 1.54) is 11.1 Å². The summed E-state index contributed by atoms with van der Waals surface area (Å²) >= 11 is 0. The van der Waals surface area contributed by atoms with Crippen molar-refractivity contribution in [2.24, 2.45) is 0 Å². The Morgan fingerprint density at radius 3 is 2.40 bits per heavy atom. The first-order chi connectivity index (χ1) is 7.29. The van der Waals surface area contributed by atoms with Crippen molar-refractivity contribution in [3.05, 3.63) is 54.1 Å². The molecule has 0 aliphatic rings. The van der Waals surface area contributed by atoms with Crippen molar-refractivity contribution in [2.75, 3.05) is 7.11 Å². The van der Waals surface area contributed by atoms with Crippen LogP contribution < -0.4 is 4.74 Å². The van der Waals surface area contributed by atoms with Crippen molar-refractivity contribution in [1.29, 1.82) is 0 Å². The molecule has 2 aromatic carbocycles. The van der Waals surface area contributed by atoms with Gasteiger partial charge in [-0.1, -0.05) is 35.9 Å². The highest BCUT2D eigenvalue weighted by Crippen LogP contribution is 2.22. The van der Waals surface area contributed by atoms with Gasteiger partial charge < -0.3 is 4.74 Å². The zero-order valence-electron chi connectivity index (χ0n) is 8.95. The zero-order valence-corrected chi connectivity index (χ0v) is 8.95. The minimum Gasteiger partial charge on any atom is -0.497 e. The fraction of sp³-hybridized carbons (Fsp3) is 0.143. The summed E-state index contributed by atoms with van der Waals surface area (Å²) in [5, 5.41) is 0. The lowest BCUT2D eigenvalue weighted by molar-refractivity contribution is 0.415. The quantitative estimate of drug-likeness (QED) is 0.716. The molecule has 15 heavy (non-hydrogen) atoms. The van der Waals surface area contributed by atoms with Crippen LogP contribution in [0, 0.1) is 13.0 Å². The Hall–Kier alpha value is -1.76. The molecule has 1 radical (unpaired) electrons. The molecule has 1 heteroatoms. The van der Waals surface area contributed by atoms with Crippen molar-refractivity contribution in [1.82, 2.24) is 0 Å². The normalized spacial score (nSPS) is 10.0. The van der Waals surface area contributed by atoms with E-state index in [-0.39, 0.29) is 0 Å². The lowest BCUT2D eigenvalue weighted by atomic mass is 10.0. The molecule has 1 nitrogen and oxygen atoms in total. The van der Waals surface area contributed by atoms with Crippen LogP contribution in [0.2, 0.25) is 0 Å². The van der Waals surface area contributed by atoms with Gasteiger partial charge in [0.2, 0.25) is 0 Å². The molecule has 0 aliphatic carbocycles. The Labute approximate surface area is 90.3 Å². The molecule has 0 spiro atoms. The smallest absolute Gasteiger partial charge is 0.118 e. The standard InChI is InChI=1S/C14H13O/c1-11-4-3-5-13(10-11)12-6-8-14(15-2)9-7-12/h3-4,6-10H,1-2H3. The first kappa shape index (κ1) is 9.78. The molecule has 0 aromatic heterocycles. The lowest BCUT2D eigenvalue weighted by Gasteiger charge is -2.04. The van der Waals surface area contributed by atoms with Crippen LogP contribution in [0.25, 0.3) is 11.1 Å². The maximum absolute atomic E-state index is 5.12. The van der Waals surface area contributed by atoms with Crippen molar-refractivity contribution in [2.45, 2.75) is 6.92 Å². The molecule has 0 saturated heterocycles. The van der Waals surface area contributed by atoms with Crippen LogP contribution in [0.15, 0.2) is 42.5 Å². The van der Waals surface area contributed by atoms with E-state index in [1.54, 1.807) is 7.11 Å². The first-order valence-electron chi connectivity index (χ1n) is 4.92. The van der Waals surface area contributed by atoms with Gasteiger partial charge in [0.15, 0.2) is 0 Å². The van der Waals surface area contributed by atoms with Gasteiger partial charge in [-0.25, -0.2) is 0 Å². The molecule has 0 bridgehead atoms. The number of hydrogen-bond donors (Lipinski definition) is 0. The summed E-state index contributed by atoms with van der Waals surface area (Å²) in [4.78, 5) is 0. The highest BCUT2D eigenvalue weighted by atomic mass is 16.5. The molecule has 0 amide bonds. The van der Waals surface area contributed by atoms with Crippen LogP contribution in [0.3, 0.4) is 0 Å². The average molecular weight is 197 g/mol. The number of ether oxygens (including phenoxy) is 1. The Morgan fingerprint density at radius 2 is 1.80 bits per heavy atom. The zero-order chi connectivity index (χ0) is 10.7. The highest BCUT2D eigenvalue weighted by Gasteiger charge is 1.98. The van der Waals surface area contributed by atoms with Crippen molar-refractivity contribution >= 4 is 0 Å². The highest BCUT2D eigenvalue weighted by molar-refractivity contribution is 5.64. The molecule has 0 N–H and O–H groups in total. The fourth-order valence-corrected chi connectivity index (χ4v) is 1.52. The van der Waals surface area contributed by atoms with Gasteiger partial charge >= 0.3 is 0 Å². The van der Waals surface area contributed by atoms with E-state index in [4.69, 9.17) is 4.74 Å². The minimum atomic E-state index is 0.881. The maximum Gasteiger partial charge on any atom is 0.118 e. The van der Waals surface area contributed by atoms with Crippen LogP contribution in [-0.4, -0.2) is 7.11 Å². The molecule has 0 heterocycles. The lowest BCUT2D eigenvalue weighted by Crippen LogP contribution is -1.83. The summed E-state index contributed by atoms with van der Waals surface area (Å²) in [5.41, 5.74) is 3.54. The first-order valence-corrected chi connectivity index (χ1v) is 4.92. The van der Waals surface area contributed by atoms with E-state index >= 15 is 0 Å². The van der Waals surface area contributed by atoms with E-state index in [2.05, 4.69) is 19.1 Å². The van der Waals surface area contributed by atoms with Gasteiger partial charge in [0, 0.05) is 0 Å². The van der Waals surface area contributed by atoms with Crippen LogP contribution in [-0.2, 0) is 0 Å². The van der Waals surface area contributed by atoms with E-state index in [9.17, 15) is 0 Å². The largest absolute Gasteiger partial charge is 0.497 e. The topological polar surface area (TPSA) is 9.23 Å². The molecule has 0 aliphatic heterocycles. The molecule has 0 saturated carbocycles. The molecule has 2 rings (SSSR count). The summed E-state index contributed by atoms with van der Waals surface area (Å²) < 4.78 is 5.12. The second-order valence-electron chi connectivity index (χ2n) is 3.51. The monoisotopic (exact) mass is 197 g/mol. The fourth-order valence-electron chi connectivity index (χ4n) is 1.52. The second-order valence-corrected chi connectivity index (χ2v) is 3.51.